The minimum Gasteiger partial charge on any atom is -0.232 e. The number of fused-ring (bicyclic) bond motifs is 1. The van der Waals surface area contributed by atoms with E-state index in [1.54, 1.807) is 12.1 Å². The van der Waals surface area contributed by atoms with E-state index >= 15 is 0 Å². The molecule has 2 rings (SSSR count). The van der Waals surface area contributed by atoms with Gasteiger partial charge in [0, 0.05) is 5.69 Å². The zero-order chi connectivity index (χ0) is 12.6. The van der Waals surface area contributed by atoms with E-state index in [2.05, 4.69) is 15.3 Å². The molecule has 0 saturated heterocycles. The van der Waals surface area contributed by atoms with Crippen molar-refractivity contribution in [3.63, 3.8) is 0 Å². The number of hydrogen-bond donors (Lipinski definition) is 0. The molecule has 2 aromatic rings. The molecule has 2 heterocycles. The zero-order valence-corrected chi connectivity index (χ0v) is 9.36. The number of pyridine rings is 1. The summed E-state index contributed by atoms with van der Waals surface area (Å²) in [6, 6.07) is 3.39. The molecule has 4 nitrogen and oxygen atoms in total. The summed E-state index contributed by atoms with van der Waals surface area (Å²) < 4.78 is 37.6. The Morgan fingerprint density at radius 2 is 2.00 bits per heavy atom. The van der Waals surface area contributed by atoms with Crippen molar-refractivity contribution in [2.75, 3.05) is 0 Å². The summed E-state index contributed by atoms with van der Waals surface area (Å²) in [5.74, 6) is 0.147. The maximum atomic E-state index is 12.3. The van der Waals surface area contributed by atoms with Crippen LogP contribution in [0.25, 0.3) is 11.2 Å². The van der Waals surface area contributed by atoms with Crippen molar-refractivity contribution in [2.24, 2.45) is 0 Å². The molecular formula is C10H11F3N4. The SMILES string of the molecule is CC(C)c1ccc2nnn(CC(F)(F)F)c2n1. The standard InChI is InChI=1S/C10H11F3N4/c1-6(2)7-3-4-8-9(14-7)17(16-15-8)5-10(11,12)13/h3-4,6H,5H2,1-2H3. The largest absolute Gasteiger partial charge is 0.408 e. The maximum Gasteiger partial charge on any atom is 0.408 e. The highest BCUT2D eigenvalue weighted by Crippen LogP contribution is 2.20. The van der Waals surface area contributed by atoms with E-state index in [0.29, 0.717) is 5.52 Å². The number of alkyl halides is 3. The molecule has 7 heteroatoms. The van der Waals surface area contributed by atoms with Crippen LogP contribution in [0.1, 0.15) is 25.5 Å². The monoisotopic (exact) mass is 244 g/mol. The highest BCUT2D eigenvalue weighted by Gasteiger charge is 2.29. The van der Waals surface area contributed by atoms with Gasteiger partial charge in [0.1, 0.15) is 12.1 Å². The molecule has 0 aliphatic carbocycles. The van der Waals surface area contributed by atoms with Crippen LogP contribution in [0.2, 0.25) is 0 Å². The summed E-state index contributed by atoms with van der Waals surface area (Å²) >= 11 is 0. The van der Waals surface area contributed by atoms with Crippen molar-refractivity contribution in [1.82, 2.24) is 20.0 Å². The first-order valence-corrected chi connectivity index (χ1v) is 5.14. The van der Waals surface area contributed by atoms with Crippen molar-refractivity contribution >= 4 is 11.2 Å². The normalized spacial score (nSPS) is 12.6. The Morgan fingerprint density at radius 3 is 2.59 bits per heavy atom. The first kappa shape index (κ1) is 11.8. The van der Waals surface area contributed by atoms with Gasteiger partial charge in [-0.05, 0) is 18.1 Å². The van der Waals surface area contributed by atoms with Crippen molar-refractivity contribution in [3.05, 3.63) is 17.8 Å². The van der Waals surface area contributed by atoms with Gasteiger partial charge in [0.05, 0.1) is 0 Å². The highest BCUT2D eigenvalue weighted by molar-refractivity contribution is 5.69. The van der Waals surface area contributed by atoms with E-state index in [9.17, 15) is 13.2 Å². The predicted octanol–water partition coefficient (Wildman–Crippen LogP) is 2.51. The number of rotatable bonds is 2. The first-order valence-electron chi connectivity index (χ1n) is 5.14. The summed E-state index contributed by atoms with van der Waals surface area (Å²) in [4.78, 5) is 4.16. The van der Waals surface area contributed by atoms with Crippen LogP contribution < -0.4 is 0 Å². The summed E-state index contributed by atoms with van der Waals surface area (Å²) in [7, 11) is 0. The van der Waals surface area contributed by atoms with Crippen LogP contribution in [-0.2, 0) is 6.54 Å². The number of hydrogen-bond acceptors (Lipinski definition) is 3. The van der Waals surface area contributed by atoms with Crippen LogP contribution in [0.5, 0.6) is 0 Å². The fraction of sp³-hybridized carbons (Fsp3) is 0.500. The van der Waals surface area contributed by atoms with Crippen LogP contribution in [0.3, 0.4) is 0 Å². The fourth-order valence-corrected chi connectivity index (χ4v) is 1.47. The van der Waals surface area contributed by atoms with E-state index in [4.69, 9.17) is 0 Å². The molecule has 0 amide bonds. The third kappa shape index (κ3) is 2.54. The summed E-state index contributed by atoms with van der Waals surface area (Å²) in [6.45, 7) is 2.68. The summed E-state index contributed by atoms with van der Waals surface area (Å²) in [5, 5.41) is 7.12. The smallest absolute Gasteiger partial charge is 0.232 e. The quantitative estimate of drug-likeness (QED) is 0.815. The van der Waals surface area contributed by atoms with Crippen LogP contribution >= 0.6 is 0 Å². The van der Waals surface area contributed by atoms with Crippen LogP contribution in [0, 0.1) is 0 Å². The fourth-order valence-electron chi connectivity index (χ4n) is 1.47. The lowest BCUT2D eigenvalue weighted by Crippen LogP contribution is -2.19. The predicted molar refractivity (Wildman–Crippen MR) is 55.5 cm³/mol. The average molecular weight is 244 g/mol. The Hall–Kier alpha value is -1.66. The zero-order valence-electron chi connectivity index (χ0n) is 9.36. The van der Waals surface area contributed by atoms with Gasteiger partial charge in [0.2, 0.25) is 0 Å². The molecule has 0 N–H and O–H groups in total. The van der Waals surface area contributed by atoms with Gasteiger partial charge in [-0.25, -0.2) is 9.67 Å². The van der Waals surface area contributed by atoms with Crippen molar-refractivity contribution in [1.29, 1.82) is 0 Å². The molecule has 0 atom stereocenters. The van der Waals surface area contributed by atoms with Gasteiger partial charge in [-0.3, -0.25) is 0 Å². The molecule has 0 aromatic carbocycles. The second kappa shape index (κ2) is 3.97. The number of aromatic nitrogens is 4. The molecule has 0 spiro atoms. The Kier molecular flexibility index (Phi) is 2.76. The molecule has 0 fully saturated rings. The Labute approximate surface area is 95.4 Å². The molecule has 0 unspecified atom stereocenters. The van der Waals surface area contributed by atoms with E-state index in [1.807, 2.05) is 13.8 Å². The van der Waals surface area contributed by atoms with Gasteiger partial charge in [-0.1, -0.05) is 19.1 Å². The molecule has 0 aliphatic rings. The molecule has 0 saturated carbocycles. The molecule has 2 aromatic heterocycles. The maximum absolute atomic E-state index is 12.3. The lowest BCUT2D eigenvalue weighted by molar-refractivity contribution is -0.142. The van der Waals surface area contributed by atoms with E-state index in [-0.39, 0.29) is 11.6 Å². The van der Waals surface area contributed by atoms with Crippen LogP contribution in [0.15, 0.2) is 12.1 Å². The van der Waals surface area contributed by atoms with Gasteiger partial charge in [0.15, 0.2) is 5.65 Å². The molecule has 0 aliphatic heterocycles. The van der Waals surface area contributed by atoms with Gasteiger partial charge in [-0.2, -0.15) is 13.2 Å². The third-order valence-electron chi connectivity index (χ3n) is 2.30. The first-order chi connectivity index (χ1) is 7.87. The lowest BCUT2D eigenvalue weighted by atomic mass is 10.1. The van der Waals surface area contributed by atoms with E-state index in [0.717, 1.165) is 10.4 Å². The molecular weight excluding hydrogens is 233 g/mol. The van der Waals surface area contributed by atoms with Crippen molar-refractivity contribution in [3.8, 4) is 0 Å². The third-order valence-corrected chi connectivity index (χ3v) is 2.30. The lowest BCUT2D eigenvalue weighted by Gasteiger charge is -2.07. The Bertz CT molecular complexity index is 530. The highest BCUT2D eigenvalue weighted by atomic mass is 19.4. The van der Waals surface area contributed by atoms with Gasteiger partial charge in [-0.15, -0.1) is 5.10 Å². The summed E-state index contributed by atoms with van der Waals surface area (Å²) in [5.41, 5.74) is 1.27. The van der Waals surface area contributed by atoms with E-state index in [1.165, 1.54) is 0 Å². The second-order valence-electron chi connectivity index (χ2n) is 4.10. The van der Waals surface area contributed by atoms with Crippen molar-refractivity contribution in [2.45, 2.75) is 32.5 Å². The van der Waals surface area contributed by atoms with Crippen LogP contribution in [0.4, 0.5) is 13.2 Å². The Balaban J connectivity index is 2.47. The number of halogens is 3. The number of nitrogens with zero attached hydrogens (tertiary/aromatic N) is 4. The minimum atomic E-state index is -4.32. The minimum absolute atomic E-state index is 0.147. The average Bonchev–Trinajstić information content (AvgIpc) is 2.58. The Morgan fingerprint density at radius 1 is 1.29 bits per heavy atom. The van der Waals surface area contributed by atoms with Crippen molar-refractivity contribution < 1.29 is 13.2 Å². The van der Waals surface area contributed by atoms with Gasteiger partial charge >= 0.3 is 6.18 Å². The van der Waals surface area contributed by atoms with E-state index < -0.39 is 12.7 Å². The molecule has 17 heavy (non-hydrogen) atoms. The molecule has 92 valence electrons. The summed E-state index contributed by atoms with van der Waals surface area (Å²) in [6.07, 6.45) is -4.32. The molecule has 0 radical (unpaired) electrons. The topological polar surface area (TPSA) is 43.6 Å². The second-order valence-corrected chi connectivity index (χ2v) is 4.10. The van der Waals surface area contributed by atoms with Crippen LogP contribution in [-0.4, -0.2) is 26.2 Å². The molecule has 0 bridgehead atoms. The van der Waals surface area contributed by atoms with Gasteiger partial charge in [0.25, 0.3) is 0 Å². The van der Waals surface area contributed by atoms with Gasteiger partial charge < -0.3 is 0 Å².